The van der Waals surface area contributed by atoms with Gasteiger partial charge in [0.2, 0.25) is 0 Å². The van der Waals surface area contributed by atoms with Gasteiger partial charge < -0.3 is 0 Å². The SMILES string of the molecule is Cc1ncccc1C(NN)c1ccc(Br)c(Cl)c1F. The van der Waals surface area contributed by atoms with E-state index in [0.717, 1.165) is 11.3 Å². The quantitative estimate of drug-likeness (QED) is 0.509. The smallest absolute Gasteiger partial charge is 0.148 e. The summed E-state index contributed by atoms with van der Waals surface area (Å²) in [6.07, 6.45) is 1.68. The second-order valence-electron chi connectivity index (χ2n) is 4.04. The molecule has 0 radical (unpaired) electrons. The molecule has 0 saturated carbocycles. The van der Waals surface area contributed by atoms with Crippen molar-refractivity contribution >= 4 is 27.5 Å². The maximum atomic E-state index is 14.2. The molecule has 1 aromatic carbocycles. The Bertz CT molecular complexity index is 606. The van der Waals surface area contributed by atoms with Crippen molar-refractivity contribution in [2.75, 3.05) is 0 Å². The first-order valence-electron chi connectivity index (χ1n) is 5.57. The average Bonchev–Trinajstić information content (AvgIpc) is 2.41. The number of aryl methyl sites for hydroxylation is 1. The molecule has 3 N–H and O–H groups in total. The normalized spacial score (nSPS) is 12.5. The van der Waals surface area contributed by atoms with Gasteiger partial charge in [-0.1, -0.05) is 23.7 Å². The number of rotatable bonds is 3. The lowest BCUT2D eigenvalue weighted by atomic mass is 9.98. The summed E-state index contributed by atoms with van der Waals surface area (Å²) in [5.74, 6) is 5.07. The highest BCUT2D eigenvalue weighted by Gasteiger charge is 2.21. The highest BCUT2D eigenvalue weighted by molar-refractivity contribution is 9.10. The molecule has 6 heteroatoms. The molecule has 0 aliphatic carbocycles. The van der Waals surface area contributed by atoms with Crippen molar-refractivity contribution < 1.29 is 4.39 Å². The summed E-state index contributed by atoms with van der Waals surface area (Å²) in [7, 11) is 0. The molecule has 1 unspecified atom stereocenters. The first kappa shape index (κ1) is 14.4. The first-order valence-corrected chi connectivity index (χ1v) is 6.74. The predicted molar refractivity (Wildman–Crippen MR) is 77.3 cm³/mol. The van der Waals surface area contributed by atoms with E-state index in [1.165, 1.54) is 0 Å². The van der Waals surface area contributed by atoms with E-state index in [4.69, 9.17) is 17.4 Å². The van der Waals surface area contributed by atoms with Gasteiger partial charge >= 0.3 is 0 Å². The van der Waals surface area contributed by atoms with E-state index >= 15 is 0 Å². The lowest BCUT2D eigenvalue weighted by Gasteiger charge is -2.19. The second-order valence-corrected chi connectivity index (χ2v) is 5.27. The number of aromatic nitrogens is 1. The summed E-state index contributed by atoms with van der Waals surface area (Å²) in [5, 5.41) is 0.0410. The number of hydrazine groups is 1. The van der Waals surface area contributed by atoms with Crippen LogP contribution >= 0.6 is 27.5 Å². The van der Waals surface area contributed by atoms with E-state index in [0.29, 0.717) is 10.0 Å². The largest absolute Gasteiger partial charge is 0.271 e. The minimum atomic E-state index is -0.501. The van der Waals surface area contributed by atoms with Crippen molar-refractivity contribution in [2.24, 2.45) is 5.84 Å². The maximum Gasteiger partial charge on any atom is 0.148 e. The molecule has 1 aromatic heterocycles. The third-order valence-corrected chi connectivity index (χ3v) is 4.16. The van der Waals surface area contributed by atoms with Crippen LogP contribution in [-0.4, -0.2) is 4.98 Å². The summed E-state index contributed by atoms with van der Waals surface area (Å²) < 4.78 is 14.7. The van der Waals surface area contributed by atoms with Gasteiger partial charge in [0.05, 0.1) is 11.1 Å². The molecule has 0 amide bonds. The first-order chi connectivity index (χ1) is 9.06. The van der Waals surface area contributed by atoms with Crippen LogP contribution in [-0.2, 0) is 0 Å². The summed E-state index contributed by atoms with van der Waals surface area (Å²) in [4.78, 5) is 4.18. The fraction of sp³-hybridized carbons (Fsp3) is 0.154. The van der Waals surface area contributed by atoms with Crippen molar-refractivity contribution in [3.05, 3.63) is 62.6 Å². The minimum Gasteiger partial charge on any atom is -0.271 e. The van der Waals surface area contributed by atoms with Crippen LogP contribution in [0.1, 0.15) is 22.9 Å². The van der Waals surface area contributed by atoms with E-state index < -0.39 is 11.9 Å². The van der Waals surface area contributed by atoms with E-state index in [9.17, 15) is 4.39 Å². The Balaban J connectivity index is 2.55. The zero-order chi connectivity index (χ0) is 14.0. The number of hydrogen-bond donors (Lipinski definition) is 2. The van der Waals surface area contributed by atoms with Crippen LogP contribution in [0.5, 0.6) is 0 Å². The van der Waals surface area contributed by atoms with E-state index in [-0.39, 0.29) is 5.02 Å². The summed E-state index contributed by atoms with van der Waals surface area (Å²) >= 11 is 9.09. The monoisotopic (exact) mass is 343 g/mol. The predicted octanol–water partition coefficient (Wildman–Crippen LogP) is 3.50. The Morgan fingerprint density at radius 3 is 2.74 bits per heavy atom. The highest BCUT2D eigenvalue weighted by atomic mass is 79.9. The molecular weight excluding hydrogens is 333 g/mol. The molecule has 19 heavy (non-hydrogen) atoms. The molecule has 1 heterocycles. The Labute approximate surface area is 124 Å². The zero-order valence-corrected chi connectivity index (χ0v) is 12.5. The van der Waals surface area contributed by atoms with Gasteiger partial charge in [0.15, 0.2) is 0 Å². The molecule has 1 atom stereocenters. The van der Waals surface area contributed by atoms with E-state index in [2.05, 4.69) is 26.3 Å². The molecule has 0 bridgehead atoms. The summed E-state index contributed by atoms with van der Waals surface area (Å²) in [6.45, 7) is 1.85. The van der Waals surface area contributed by atoms with Crippen molar-refractivity contribution in [3.8, 4) is 0 Å². The minimum absolute atomic E-state index is 0.0410. The van der Waals surface area contributed by atoms with Gasteiger partial charge in [-0.2, -0.15) is 0 Å². The van der Waals surface area contributed by atoms with Crippen LogP contribution < -0.4 is 11.3 Å². The Kier molecular flexibility index (Phi) is 4.52. The zero-order valence-electron chi connectivity index (χ0n) is 10.1. The molecule has 0 aliphatic rings. The van der Waals surface area contributed by atoms with Gasteiger partial charge in [-0.05, 0) is 40.5 Å². The van der Waals surface area contributed by atoms with Crippen molar-refractivity contribution in [1.82, 2.24) is 10.4 Å². The molecule has 0 fully saturated rings. The number of halogens is 3. The second kappa shape index (κ2) is 5.96. The third-order valence-electron chi connectivity index (χ3n) is 2.90. The van der Waals surface area contributed by atoms with Crippen LogP contribution in [0, 0.1) is 12.7 Å². The summed E-state index contributed by atoms with van der Waals surface area (Å²) in [6, 6.07) is 6.46. The lowest BCUT2D eigenvalue weighted by molar-refractivity contribution is 0.557. The Hall–Kier alpha value is -1.01. The molecule has 100 valence electrons. The molecule has 3 nitrogen and oxygen atoms in total. The average molecular weight is 345 g/mol. The Morgan fingerprint density at radius 2 is 2.11 bits per heavy atom. The van der Waals surface area contributed by atoms with Crippen LogP contribution in [0.15, 0.2) is 34.9 Å². The molecule has 2 rings (SSSR count). The number of benzene rings is 1. The van der Waals surface area contributed by atoms with Gasteiger partial charge in [-0.25, -0.2) is 9.82 Å². The molecule has 2 aromatic rings. The van der Waals surface area contributed by atoms with E-state index in [1.54, 1.807) is 24.4 Å². The van der Waals surface area contributed by atoms with Crippen molar-refractivity contribution in [3.63, 3.8) is 0 Å². The summed E-state index contributed by atoms with van der Waals surface area (Å²) in [5.41, 5.74) is 4.58. The molecule has 0 saturated heterocycles. The third kappa shape index (κ3) is 2.79. The van der Waals surface area contributed by atoms with Crippen molar-refractivity contribution in [2.45, 2.75) is 13.0 Å². The van der Waals surface area contributed by atoms with Gasteiger partial charge in [0.25, 0.3) is 0 Å². The molecule has 0 aliphatic heterocycles. The Morgan fingerprint density at radius 1 is 1.37 bits per heavy atom. The van der Waals surface area contributed by atoms with Crippen LogP contribution in [0.25, 0.3) is 0 Å². The van der Waals surface area contributed by atoms with Gasteiger partial charge in [-0.3, -0.25) is 10.8 Å². The van der Waals surface area contributed by atoms with E-state index in [1.807, 2.05) is 13.0 Å². The van der Waals surface area contributed by atoms with Gasteiger partial charge in [0.1, 0.15) is 5.82 Å². The van der Waals surface area contributed by atoms with Crippen LogP contribution in [0.4, 0.5) is 4.39 Å². The number of nitrogens with one attached hydrogen (secondary N) is 1. The topological polar surface area (TPSA) is 50.9 Å². The van der Waals surface area contributed by atoms with Gasteiger partial charge in [0, 0.05) is 21.9 Å². The standard InChI is InChI=1S/C13H12BrClFN3/c1-7-8(3-2-6-18-7)13(19-17)9-4-5-10(14)11(15)12(9)16/h2-6,13,19H,17H2,1H3. The lowest BCUT2D eigenvalue weighted by Crippen LogP contribution is -2.30. The molecule has 0 spiro atoms. The highest BCUT2D eigenvalue weighted by Crippen LogP contribution is 2.33. The maximum absolute atomic E-state index is 14.2. The number of hydrogen-bond acceptors (Lipinski definition) is 3. The number of pyridine rings is 1. The number of nitrogens with zero attached hydrogens (tertiary/aromatic N) is 1. The van der Waals surface area contributed by atoms with Crippen molar-refractivity contribution in [1.29, 1.82) is 0 Å². The van der Waals surface area contributed by atoms with Crippen LogP contribution in [0.2, 0.25) is 5.02 Å². The fourth-order valence-corrected chi connectivity index (χ4v) is 2.39. The fourth-order valence-electron chi connectivity index (χ4n) is 1.91. The molecular formula is C13H12BrClFN3. The number of nitrogens with two attached hydrogens (primary N) is 1. The van der Waals surface area contributed by atoms with Crippen LogP contribution in [0.3, 0.4) is 0 Å². The van der Waals surface area contributed by atoms with Gasteiger partial charge in [-0.15, -0.1) is 0 Å².